The summed E-state index contributed by atoms with van der Waals surface area (Å²) in [5.41, 5.74) is 0.559. The summed E-state index contributed by atoms with van der Waals surface area (Å²) >= 11 is 0. The molecule has 0 saturated heterocycles. The first kappa shape index (κ1) is 13.4. The molecule has 102 valence electrons. The normalized spacial score (nSPS) is 18.3. The molecule has 1 N–H and O–H groups in total. The lowest BCUT2D eigenvalue weighted by Crippen LogP contribution is -2.40. The number of anilines is 1. The van der Waals surface area contributed by atoms with Gasteiger partial charge >= 0.3 is 18.1 Å². The van der Waals surface area contributed by atoms with Crippen LogP contribution in [0.2, 0.25) is 0 Å². The number of amides is 1. The van der Waals surface area contributed by atoms with Gasteiger partial charge in [0.1, 0.15) is 0 Å². The highest BCUT2D eigenvalue weighted by atomic mass is 19.4. The van der Waals surface area contributed by atoms with Crippen LogP contribution in [0.15, 0.2) is 18.2 Å². The van der Waals surface area contributed by atoms with Gasteiger partial charge in [-0.1, -0.05) is 6.92 Å². The second kappa shape index (κ2) is 4.25. The number of hydrogen-bond acceptors (Lipinski definition) is 2. The molecular weight excluding hydrogens is 263 g/mol. The van der Waals surface area contributed by atoms with E-state index in [1.54, 1.807) is 6.92 Å². The van der Waals surface area contributed by atoms with Crippen molar-refractivity contribution < 1.29 is 27.9 Å². The average molecular weight is 273 g/mol. The molecule has 1 heterocycles. The lowest BCUT2D eigenvalue weighted by Gasteiger charge is -2.18. The number of carboxylic acid groups (broad SMARTS) is 1. The second-order valence-corrected chi connectivity index (χ2v) is 4.39. The number of nitrogens with zero attached hydrogens (tertiary/aromatic N) is 1. The lowest BCUT2D eigenvalue weighted by molar-refractivity contribution is -0.170. The van der Waals surface area contributed by atoms with E-state index >= 15 is 0 Å². The molecule has 1 aliphatic heterocycles. The van der Waals surface area contributed by atoms with Crippen molar-refractivity contribution in [2.45, 2.75) is 19.0 Å². The monoisotopic (exact) mass is 273 g/mol. The zero-order chi connectivity index (χ0) is 14.4. The molecular formula is C12H10F3NO3. The number of alkyl halides is 3. The number of carbonyl (C=O) groups is 2. The van der Waals surface area contributed by atoms with Crippen LogP contribution in [0.3, 0.4) is 0 Å². The predicted octanol–water partition coefficient (Wildman–Crippen LogP) is 2.40. The van der Waals surface area contributed by atoms with E-state index < -0.39 is 18.1 Å². The molecule has 0 bridgehead atoms. The maximum atomic E-state index is 12.4. The molecule has 0 fully saturated rings. The first-order valence-electron chi connectivity index (χ1n) is 5.47. The lowest BCUT2D eigenvalue weighted by atomic mass is 10.0. The van der Waals surface area contributed by atoms with Crippen LogP contribution < -0.4 is 4.90 Å². The van der Waals surface area contributed by atoms with E-state index in [0.29, 0.717) is 10.5 Å². The topological polar surface area (TPSA) is 57.6 Å². The Bertz CT molecular complexity index is 554. The van der Waals surface area contributed by atoms with Crippen molar-refractivity contribution in [3.8, 4) is 0 Å². The molecule has 1 aromatic carbocycles. The van der Waals surface area contributed by atoms with E-state index in [1.807, 2.05) is 0 Å². The first-order valence-corrected chi connectivity index (χ1v) is 5.47. The van der Waals surface area contributed by atoms with Crippen LogP contribution in [0.25, 0.3) is 0 Å². The number of fused-ring (bicyclic) bond motifs is 1. The van der Waals surface area contributed by atoms with Gasteiger partial charge in [-0.15, -0.1) is 0 Å². The Morgan fingerprint density at radius 2 is 2.00 bits per heavy atom. The van der Waals surface area contributed by atoms with Crippen LogP contribution >= 0.6 is 0 Å². The van der Waals surface area contributed by atoms with Crippen LogP contribution in [0.5, 0.6) is 0 Å². The molecule has 2 rings (SSSR count). The summed E-state index contributed by atoms with van der Waals surface area (Å²) in [6.07, 6.45) is -4.94. The van der Waals surface area contributed by atoms with Crippen molar-refractivity contribution >= 4 is 17.6 Å². The second-order valence-electron chi connectivity index (χ2n) is 4.39. The zero-order valence-corrected chi connectivity index (χ0v) is 9.86. The van der Waals surface area contributed by atoms with Gasteiger partial charge < -0.3 is 10.0 Å². The molecule has 1 unspecified atom stereocenters. The van der Waals surface area contributed by atoms with Gasteiger partial charge in [-0.3, -0.25) is 4.79 Å². The standard InChI is InChI=1S/C12H10F3NO3/c1-6-5-16(11(19)12(13,14)15)9-3-2-7(10(17)18)4-8(6)9/h2-4,6H,5H2,1H3,(H,17,18). The Morgan fingerprint density at radius 3 is 2.53 bits per heavy atom. The summed E-state index contributed by atoms with van der Waals surface area (Å²) in [5.74, 6) is -3.42. The van der Waals surface area contributed by atoms with Crippen molar-refractivity contribution in [3.05, 3.63) is 29.3 Å². The molecule has 19 heavy (non-hydrogen) atoms. The maximum absolute atomic E-state index is 12.4. The minimum absolute atomic E-state index is 0.00749. The zero-order valence-electron chi connectivity index (χ0n) is 9.86. The molecule has 7 heteroatoms. The van der Waals surface area contributed by atoms with Gasteiger partial charge in [0.05, 0.1) is 5.56 Å². The minimum atomic E-state index is -4.94. The molecule has 4 nitrogen and oxygen atoms in total. The van der Waals surface area contributed by atoms with E-state index in [1.165, 1.54) is 18.2 Å². The Morgan fingerprint density at radius 1 is 1.37 bits per heavy atom. The molecule has 0 saturated carbocycles. The third kappa shape index (κ3) is 2.27. The fourth-order valence-corrected chi connectivity index (χ4v) is 2.14. The van der Waals surface area contributed by atoms with Crippen LogP contribution in [0, 0.1) is 0 Å². The minimum Gasteiger partial charge on any atom is -0.478 e. The van der Waals surface area contributed by atoms with Crippen LogP contribution in [-0.2, 0) is 4.79 Å². The highest BCUT2D eigenvalue weighted by Gasteiger charge is 2.46. The average Bonchev–Trinajstić information content (AvgIpc) is 2.64. The highest BCUT2D eigenvalue weighted by Crippen LogP contribution is 2.38. The van der Waals surface area contributed by atoms with Gasteiger partial charge in [0.15, 0.2) is 0 Å². The SMILES string of the molecule is CC1CN(C(=O)C(F)(F)F)c2ccc(C(=O)O)cc21. The molecule has 1 aromatic rings. The van der Waals surface area contributed by atoms with Crippen molar-refractivity contribution in [2.75, 3.05) is 11.4 Å². The largest absolute Gasteiger partial charge is 0.478 e. The smallest absolute Gasteiger partial charge is 0.471 e. The maximum Gasteiger partial charge on any atom is 0.471 e. The van der Waals surface area contributed by atoms with E-state index in [9.17, 15) is 22.8 Å². The van der Waals surface area contributed by atoms with Gasteiger partial charge in [0.25, 0.3) is 0 Å². The summed E-state index contributed by atoms with van der Waals surface area (Å²) in [7, 11) is 0. The molecule has 0 radical (unpaired) electrons. The summed E-state index contributed by atoms with van der Waals surface area (Å²) in [4.78, 5) is 22.7. The predicted molar refractivity (Wildman–Crippen MR) is 60.2 cm³/mol. The summed E-state index contributed by atoms with van der Waals surface area (Å²) in [5, 5.41) is 8.85. The van der Waals surface area contributed by atoms with Crippen molar-refractivity contribution in [1.29, 1.82) is 0 Å². The number of carbonyl (C=O) groups excluding carboxylic acids is 1. The van der Waals surface area contributed by atoms with Crippen LogP contribution in [-0.4, -0.2) is 29.7 Å². The fourth-order valence-electron chi connectivity index (χ4n) is 2.14. The third-order valence-electron chi connectivity index (χ3n) is 3.04. The van der Waals surface area contributed by atoms with E-state index in [2.05, 4.69) is 0 Å². The molecule has 1 atom stereocenters. The Hall–Kier alpha value is -2.05. The molecule has 1 amide bonds. The first-order chi connectivity index (χ1) is 8.71. The van der Waals surface area contributed by atoms with Gasteiger partial charge in [-0.2, -0.15) is 13.2 Å². The van der Waals surface area contributed by atoms with E-state index in [0.717, 1.165) is 0 Å². The van der Waals surface area contributed by atoms with Crippen LogP contribution in [0.4, 0.5) is 18.9 Å². The molecule has 0 aromatic heterocycles. The van der Waals surface area contributed by atoms with Gasteiger partial charge in [-0.05, 0) is 23.8 Å². The van der Waals surface area contributed by atoms with E-state index in [4.69, 9.17) is 5.11 Å². The van der Waals surface area contributed by atoms with Crippen molar-refractivity contribution in [2.24, 2.45) is 0 Å². The number of halogens is 3. The molecule has 0 aliphatic carbocycles. The summed E-state index contributed by atoms with van der Waals surface area (Å²) < 4.78 is 37.3. The number of rotatable bonds is 1. The number of aromatic carboxylic acids is 1. The summed E-state index contributed by atoms with van der Waals surface area (Å²) in [6.45, 7) is 1.55. The molecule has 1 aliphatic rings. The van der Waals surface area contributed by atoms with Gasteiger partial charge in [0, 0.05) is 18.2 Å². The number of carboxylic acids is 1. The Balaban J connectivity index is 2.43. The van der Waals surface area contributed by atoms with E-state index in [-0.39, 0.29) is 23.7 Å². The van der Waals surface area contributed by atoms with Gasteiger partial charge in [0.2, 0.25) is 0 Å². The fraction of sp³-hybridized carbons (Fsp3) is 0.333. The summed E-state index contributed by atoms with van der Waals surface area (Å²) in [6, 6.07) is 3.74. The van der Waals surface area contributed by atoms with Crippen molar-refractivity contribution in [1.82, 2.24) is 0 Å². The number of benzene rings is 1. The van der Waals surface area contributed by atoms with Gasteiger partial charge in [-0.25, -0.2) is 4.79 Å². The third-order valence-corrected chi connectivity index (χ3v) is 3.04. The highest BCUT2D eigenvalue weighted by molar-refractivity contribution is 6.00. The Labute approximate surface area is 106 Å². The Kier molecular flexibility index (Phi) is 3.00. The number of hydrogen-bond donors (Lipinski definition) is 1. The quantitative estimate of drug-likeness (QED) is 0.854. The van der Waals surface area contributed by atoms with Crippen LogP contribution in [0.1, 0.15) is 28.8 Å². The van der Waals surface area contributed by atoms with Crippen molar-refractivity contribution in [3.63, 3.8) is 0 Å². The molecule has 0 spiro atoms.